The van der Waals surface area contributed by atoms with Crippen molar-refractivity contribution >= 4 is 34.1 Å². The van der Waals surface area contributed by atoms with E-state index < -0.39 is 0 Å². The van der Waals surface area contributed by atoms with Crippen LogP contribution in [0.15, 0.2) is 59.5 Å². The first-order valence-electron chi connectivity index (χ1n) is 8.81. The average Bonchev–Trinajstić information content (AvgIpc) is 3.09. The molecule has 0 spiro atoms. The van der Waals surface area contributed by atoms with Crippen molar-refractivity contribution in [2.24, 2.45) is 0 Å². The molecule has 132 valence electrons. The van der Waals surface area contributed by atoms with Gasteiger partial charge < -0.3 is 10.1 Å². The number of methoxy groups -OCH3 is 1. The monoisotopic (exact) mass is 363 g/mol. The summed E-state index contributed by atoms with van der Waals surface area (Å²) in [6.45, 7) is 1.93. The predicted octanol–water partition coefficient (Wildman–Crippen LogP) is 5.07. The number of anilines is 1. The van der Waals surface area contributed by atoms with Gasteiger partial charge in [0, 0.05) is 16.0 Å². The van der Waals surface area contributed by atoms with Crippen LogP contribution >= 0.6 is 11.8 Å². The molecule has 0 unspecified atom stereocenters. The molecule has 4 rings (SSSR count). The Bertz CT molecular complexity index is 956. The topological polar surface area (TPSA) is 38.3 Å². The van der Waals surface area contributed by atoms with Crippen LogP contribution in [0, 0.1) is 0 Å². The van der Waals surface area contributed by atoms with Crippen LogP contribution in [0.3, 0.4) is 0 Å². The van der Waals surface area contributed by atoms with Gasteiger partial charge in [0.05, 0.1) is 12.4 Å². The van der Waals surface area contributed by atoms with E-state index in [1.165, 1.54) is 16.5 Å². The highest BCUT2D eigenvalue weighted by atomic mass is 32.2. The summed E-state index contributed by atoms with van der Waals surface area (Å²) in [4.78, 5) is 13.8. The van der Waals surface area contributed by atoms with Crippen LogP contribution in [-0.4, -0.2) is 18.3 Å². The minimum atomic E-state index is -0.188. The summed E-state index contributed by atoms with van der Waals surface area (Å²) in [6.07, 6.45) is 2.18. The van der Waals surface area contributed by atoms with E-state index in [0.717, 1.165) is 34.6 Å². The molecule has 26 heavy (non-hydrogen) atoms. The SMILES string of the molecule is COc1ccc(S[C@@H](C)C(=O)Nc2ccc3c4c(cccc24)CC3)cc1. The molecule has 1 aliphatic rings. The first-order chi connectivity index (χ1) is 12.7. The molecule has 3 aromatic carbocycles. The van der Waals surface area contributed by atoms with E-state index in [4.69, 9.17) is 4.74 Å². The summed E-state index contributed by atoms with van der Waals surface area (Å²) in [6, 6.07) is 18.3. The van der Waals surface area contributed by atoms with Crippen molar-refractivity contribution in [1.82, 2.24) is 0 Å². The fourth-order valence-corrected chi connectivity index (χ4v) is 4.37. The third-order valence-corrected chi connectivity index (χ3v) is 5.99. The molecule has 3 aromatic rings. The van der Waals surface area contributed by atoms with Crippen LogP contribution in [0.25, 0.3) is 10.8 Å². The number of ether oxygens (including phenoxy) is 1. The van der Waals surface area contributed by atoms with Crippen LogP contribution in [0.5, 0.6) is 5.75 Å². The Kier molecular flexibility index (Phi) is 4.60. The summed E-state index contributed by atoms with van der Waals surface area (Å²) >= 11 is 1.55. The summed E-state index contributed by atoms with van der Waals surface area (Å²) in [5, 5.41) is 5.40. The molecule has 4 heteroatoms. The third kappa shape index (κ3) is 3.17. The molecule has 1 amide bonds. The van der Waals surface area contributed by atoms with Crippen molar-refractivity contribution in [2.75, 3.05) is 12.4 Å². The molecule has 0 heterocycles. The molecule has 0 saturated carbocycles. The molecule has 0 saturated heterocycles. The second-order valence-electron chi connectivity index (χ2n) is 6.54. The van der Waals surface area contributed by atoms with Crippen LogP contribution in [-0.2, 0) is 17.6 Å². The van der Waals surface area contributed by atoms with Gasteiger partial charge in [-0.15, -0.1) is 11.8 Å². The second kappa shape index (κ2) is 7.04. The number of hydrogen-bond donors (Lipinski definition) is 1. The van der Waals surface area contributed by atoms with Crippen molar-refractivity contribution in [2.45, 2.75) is 29.9 Å². The van der Waals surface area contributed by atoms with E-state index in [2.05, 4.69) is 29.6 Å². The Morgan fingerprint density at radius 2 is 1.77 bits per heavy atom. The Morgan fingerprint density at radius 3 is 2.50 bits per heavy atom. The second-order valence-corrected chi connectivity index (χ2v) is 7.95. The number of nitrogens with one attached hydrogen (secondary N) is 1. The summed E-state index contributed by atoms with van der Waals surface area (Å²) in [5.41, 5.74) is 3.67. The van der Waals surface area contributed by atoms with Gasteiger partial charge in [0.2, 0.25) is 5.91 Å². The highest BCUT2D eigenvalue weighted by Crippen LogP contribution is 2.35. The molecule has 0 aliphatic heterocycles. The number of carbonyl (C=O) groups excluding carboxylic acids is 1. The standard InChI is InChI=1S/C22H21NO2S/c1-14(26-18-11-9-17(25-2)10-12-18)22(24)23-20-13-8-16-7-6-15-4-3-5-19(20)21(15)16/h3-5,8-14H,6-7H2,1-2H3,(H,23,24)/t14-/m0/s1. The lowest BCUT2D eigenvalue weighted by Gasteiger charge is -2.14. The lowest BCUT2D eigenvalue weighted by atomic mass is 10.0. The van der Waals surface area contributed by atoms with Gasteiger partial charge in [-0.25, -0.2) is 0 Å². The molecule has 1 aliphatic carbocycles. The highest BCUT2D eigenvalue weighted by molar-refractivity contribution is 8.00. The maximum atomic E-state index is 12.7. The van der Waals surface area contributed by atoms with Crippen LogP contribution < -0.4 is 10.1 Å². The average molecular weight is 363 g/mol. The van der Waals surface area contributed by atoms with Crippen molar-refractivity contribution in [1.29, 1.82) is 0 Å². The van der Waals surface area contributed by atoms with Gasteiger partial charge in [-0.2, -0.15) is 0 Å². The van der Waals surface area contributed by atoms with E-state index in [1.54, 1.807) is 18.9 Å². The van der Waals surface area contributed by atoms with Gasteiger partial charge >= 0.3 is 0 Å². The Balaban J connectivity index is 1.52. The van der Waals surface area contributed by atoms with Crippen LogP contribution in [0.4, 0.5) is 5.69 Å². The first kappa shape index (κ1) is 17.0. The fourth-order valence-electron chi connectivity index (χ4n) is 3.50. The van der Waals surface area contributed by atoms with Crippen LogP contribution in [0.1, 0.15) is 18.1 Å². The number of thioether (sulfide) groups is 1. The molecule has 3 nitrogen and oxygen atoms in total. The maximum Gasteiger partial charge on any atom is 0.237 e. The smallest absolute Gasteiger partial charge is 0.237 e. The van der Waals surface area contributed by atoms with Crippen molar-refractivity contribution in [3.8, 4) is 5.75 Å². The minimum absolute atomic E-state index is 0.0181. The van der Waals surface area contributed by atoms with Gasteiger partial charge in [-0.3, -0.25) is 4.79 Å². The summed E-state index contributed by atoms with van der Waals surface area (Å²) < 4.78 is 5.18. The van der Waals surface area contributed by atoms with E-state index in [1.807, 2.05) is 37.3 Å². The number of aryl methyl sites for hydroxylation is 2. The number of carbonyl (C=O) groups is 1. The Hall–Kier alpha value is -2.46. The molecular weight excluding hydrogens is 342 g/mol. The van der Waals surface area contributed by atoms with Gasteiger partial charge in [0.1, 0.15) is 5.75 Å². The molecule has 0 fully saturated rings. The van der Waals surface area contributed by atoms with Crippen molar-refractivity contribution in [3.05, 3.63) is 65.7 Å². The number of benzene rings is 3. The lowest BCUT2D eigenvalue weighted by molar-refractivity contribution is -0.115. The molecule has 0 bridgehead atoms. The number of hydrogen-bond acceptors (Lipinski definition) is 3. The predicted molar refractivity (Wildman–Crippen MR) is 108 cm³/mol. The Morgan fingerprint density at radius 1 is 1.04 bits per heavy atom. The number of amides is 1. The van der Waals surface area contributed by atoms with E-state index in [9.17, 15) is 4.79 Å². The van der Waals surface area contributed by atoms with Crippen molar-refractivity contribution in [3.63, 3.8) is 0 Å². The molecule has 0 radical (unpaired) electrons. The van der Waals surface area contributed by atoms with E-state index >= 15 is 0 Å². The van der Waals surface area contributed by atoms with Crippen LogP contribution in [0.2, 0.25) is 0 Å². The Labute approximate surface area is 157 Å². The largest absolute Gasteiger partial charge is 0.497 e. The zero-order valence-electron chi connectivity index (χ0n) is 14.9. The zero-order valence-corrected chi connectivity index (χ0v) is 15.7. The maximum absolute atomic E-state index is 12.7. The zero-order chi connectivity index (χ0) is 18.1. The molecule has 1 N–H and O–H groups in total. The minimum Gasteiger partial charge on any atom is -0.497 e. The lowest BCUT2D eigenvalue weighted by Crippen LogP contribution is -2.22. The third-order valence-electron chi connectivity index (χ3n) is 4.88. The first-order valence-corrected chi connectivity index (χ1v) is 9.69. The molecular formula is C22H21NO2S. The quantitative estimate of drug-likeness (QED) is 0.644. The fraction of sp³-hybridized carbons (Fsp3) is 0.227. The normalized spacial score (nSPS) is 13.6. The van der Waals surface area contributed by atoms with Gasteiger partial charge in [-0.1, -0.05) is 24.3 Å². The van der Waals surface area contributed by atoms with E-state index in [-0.39, 0.29) is 11.2 Å². The summed E-state index contributed by atoms with van der Waals surface area (Å²) in [5.74, 6) is 0.837. The highest BCUT2D eigenvalue weighted by Gasteiger charge is 2.19. The van der Waals surface area contributed by atoms with Gasteiger partial charge in [-0.05, 0) is 66.6 Å². The van der Waals surface area contributed by atoms with Crippen molar-refractivity contribution < 1.29 is 9.53 Å². The molecule has 1 atom stereocenters. The molecule has 0 aromatic heterocycles. The van der Waals surface area contributed by atoms with Gasteiger partial charge in [0.25, 0.3) is 0 Å². The summed E-state index contributed by atoms with van der Waals surface area (Å²) in [7, 11) is 1.65. The van der Waals surface area contributed by atoms with Gasteiger partial charge in [0.15, 0.2) is 0 Å². The van der Waals surface area contributed by atoms with E-state index in [0.29, 0.717) is 0 Å². The number of rotatable bonds is 5.